The van der Waals surface area contributed by atoms with Crippen LogP contribution in [0.2, 0.25) is 0 Å². The summed E-state index contributed by atoms with van der Waals surface area (Å²) in [5.74, 6) is 2.08. The van der Waals surface area contributed by atoms with Crippen LogP contribution in [-0.4, -0.2) is 69.8 Å². The Kier molecular flexibility index (Phi) is 6.58. The molecule has 0 spiro atoms. The number of carbonyl (C=O) groups excluding carboxylic acids is 1. The first-order valence-corrected chi connectivity index (χ1v) is 11.1. The Balaban J connectivity index is 1.44. The SMILES string of the molecule is CCOc1ccccc1N1CCN(CC2(C)OCc3cc(OC)c(OC)cc3C2=O)CC1. The third-order valence-electron chi connectivity index (χ3n) is 6.28. The predicted molar refractivity (Wildman–Crippen MR) is 123 cm³/mol. The maximum atomic E-state index is 13.4. The average Bonchev–Trinajstić information content (AvgIpc) is 2.82. The van der Waals surface area contributed by atoms with Gasteiger partial charge < -0.3 is 23.8 Å². The number of methoxy groups -OCH3 is 2. The Bertz CT molecular complexity index is 971. The van der Waals surface area contributed by atoms with E-state index < -0.39 is 5.60 Å². The van der Waals surface area contributed by atoms with E-state index in [1.54, 1.807) is 20.3 Å². The maximum absolute atomic E-state index is 13.4. The van der Waals surface area contributed by atoms with E-state index in [0.717, 1.165) is 43.2 Å². The molecule has 7 heteroatoms. The number of nitrogens with zero attached hydrogens (tertiary/aromatic N) is 2. The summed E-state index contributed by atoms with van der Waals surface area (Å²) in [5, 5.41) is 0. The summed E-state index contributed by atoms with van der Waals surface area (Å²) in [6.45, 7) is 8.92. The molecule has 0 radical (unpaired) electrons. The highest BCUT2D eigenvalue weighted by molar-refractivity contribution is 6.05. The Hall–Kier alpha value is -2.77. The van der Waals surface area contributed by atoms with Gasteiger partial charge in [0.15, 0.2) is 17.3 Å². The normalized spacial score (nSPS) is 21.2. The van der Waals surface area contributed by atoms with E-state index in [9.17, 15) is 4.79 Å². The first kappa shape index (κ1) is 22.4. The average molecular weight is 441 g/mol. The molecule has 1 atom stereocenters. The highest BCUT2D eigenvalue weighted by Gasteiger charge is 2.42. The second kappa shape index (κ2) is 9.38. The van der Waals surface area contributed by atoms with Crippen molar-refractivity contribution in [1.82, 2.24) is 4.90 Å². The number of fused-ring (bicyclic) bond motifs is 1. The lowest BCUT2D eigenvalue weighted by atomic mass is 9.87. The molecule has 0 aliphatic carbocycles. The Morgan fingerprint density at radius 1 is 1.00 bits per heavy atom. The third kappa shape index (κ3) is 4.27. The summed E-state index contributed by atoms with van der Waals surface area (Å²) in [7, 11) is 3.17. The van der Waals surface area contributed by atoms with Crippen LogP contribution in [0.4, 0.5) is 5.69 Å². The molecule has 1 saturated heterocycles. The summed E-state index contributed by atoms with van der Waals surface area (Å²) < 4.78 is 22.7. The monoisotopic (exact) mass is 440 g/mol. The zero-order valence-electron chi connectivity index (χ0n) is 19.3. The number of rotatable bonds is 7. The number of hydrogen-bond acceptors (Lipinski definition) is 7. The number of anilines is 1. The lowest BCUT2D eigenvalue weighted by Gasteiger charge is -2.42. The summed E-state index contributed by atoms with van der Waals surface area (Å²) >= 11 is 0. The molecule has 4 rings (SSSR count). The van der Waals surface area contributed by atoms with Crippen LogP contribution < -0.4 is 19.1 Å². The van der Waals surface area contributed by atoms with Crippen molar-refractivity contribution >= 4 is 11.5 Å². The van der Waals surface area contributed by atoms with Crippen molar-refractivity contribution in [2.24, 2.45) is 0 Å². The molecule has 0 amide bonds. The van der Waals surface area contributed by atoms with E-state index in [0.29, 0.717) is 36.8 Å². The summed E-state index contributed by atoms with van der Waals surface area (Å²) in [5.41, 5.74) is 1.72. The van der Waals surface area contributed by atoms with Gasteiger partial charge in [0, 0.05) is 38.3 Å². The lowest BCUT2D eigenvalue weighted by Crippen LogP contribution is -2.55. The molecule has 172 valence electrons. The number of Topliss-reactive ketones (excluding diaryl/α,β-unsaturated/α-hetero) is 1. The van der Waals surface area contributed by atoms with E-state index in [4.69, 9.17) is 18.9 Å². The van der Waals surface area contributed by atoms with E-state index in [1.807, 2.05) is 38.1 Å². The van der Waals surface area contributed by atoms with Crippen molar-refractivity contribution in [2.45, 2.75) is 26.1 Å². The highest BCUT2D eigenvalue weighted by atomic mass is 16.5. The van der Waals surface area contributed by atoms with E-state index in [-0.39, 0.29) is 5.78 Å². The molecular formula is C25H32N2O5. The van der Waals surface area contributed by atoms with Gasteiger partial charge in [-0.25, -0.2) is 0 Å². The third-order valence-corrected chi connectivity index (χ3v) is 6.28. The minimum Gasteiger partial charge on any atom is -0.493 e. The van der Waals surface area contributed by atoms with Crippen LogP contribution in [-0.2, 0) is 11.3 Å². The van der Waals surface area contributed by atoms with Crippen molar-refractivity contribution in [1.29, 1.82) is 0 Å². The molecule has 2 aromatic rings. The quantitative estimate of drug-likeness (QED) is 0.654. The largest absolute Gasteiger partial charge is 0.493 e. The van der Waals surface area contributed by atoms with Crippen LogP contribution in [0.25, 0.3) is 0 Å². The van der Waals surface area contributed by atoms with Crippen molar-refractivity contribution < 1.29 is 23.7 Å². The van der Waals surface area contributed by atoms with Crippen LogP contribution in [0.1, 0.15) is 29.8 Å². The summed E-state index contributed by atoms with van der Waals surface area (Å²) in [6, 6.07) is 11.8. The van der Waals surface area contributed by atoms with Crippen molar-refractivity contribution in [2.75, 3.05) is 58.5 Å². The number of ketones is 1. The zero-order valence-corrected chi connectivity index (χ0v) is 19.3. The number of para-hydroxylation sites is 2. The lowest BCUT2D eigenvalue weighted by molar-refractivity contribution is -0.0494. The fraction of sp³-hybridized carbons (Fsp3) is 0.480. The van der Waals surface area contributed by atoms with Gasteiger partial charge in [-0.05, 0) is 43.7 Å². The van der Waals surface area contributed by atoms with Gasteiger partial charge in [-0.1, -0.05) is 12.1 Å². The molecule has 7 nitrogen and oxygen atoms in total. The summed E-state index contributed by atoms with van der Waals surface area (Å²) in [6.07, 6.45) is 0. The smallest absolute Gasteiger partial charge is 0.196 e. The van der Waals surface area contributed by atoms with Gasteiger partial charge in [-0.3, -0.25) is 9.69 Å². The van der Waals surface area contributed by atoms with Gasteiger partial charge in [0.2, 0.25) is 0 Å². The maximum Gasteiger partial charge on any atom is 0.196 e. The minimum absolute atomic E-state index is 0.0103. The van der Waals surface area contributed by atoms with Crippen LogP contribution in [0.15, 0.2) is 36.4 Å². The molecule has 2 aliphatic heterocycles. The van der Waals surface area contributed by atoms with Crippen LogP contribution in [0.5, 0.6) is 17.2 Å². The number of piperazine rings is 1. The van der Waals surface area contributed by atoms with Gasteiger partial charge in [-0.2, -0.15) is 0 Å². The second-order valence-electron chi connectivity index (χ2n) is 8.38. The summed E-state index contributed by atoms with van der Waals surface area (Å²) in [4.78, 5) is 18.1. The molecule has 2 aromatic carbocycles. The first-order valence-electron chi connectivity index (χ1n) is 11.1. The molecule has 1 unspecified atom stereocenters. The Morgan fingerprint density at radius 2 is 1.69 bits per heavy atom. The molecule has 0 N–H and O–H groups in total. The van der Waals surface area contributed by atoms with Crippen molar-refractivity contribution in [3.8, 4) is 17.2 Å². The number of hydrogen-bond donors (Lipinski definition) is 0. The van der Waals surface area contributed by atoms with Crippen LogP contribution in [0, 0.1) is 0 Å². The second-order valence-corrected chi connectivity index (χ2v) is 8.38. The highest BCUT2D eigenvalue weighted by Crippen LogP contribution is 2.37. The Labute approximate surface area is 189 Å². The standard InChI is InChI=1S/C25H32N2O5/c1-5-31-21-9-7-6-8-20(21)27-12-10-26(11-13-27)17-25(2)24(28)19-15-23(30-4)22(29-3)14-18(19)16-32-25/h6-9,14-15H,5,10-13,16-17H2,1-4H3. The van der Waals surface area contributed by atoms with Crippen LogP contribution in [0.3, 0.4) is 0 Å². The van der Waals surface area contributed by atoms with E-state index in [2.05, 4.69) is 15.9 Å². The molecule has 0 bridgehead atoms. The van der Waals surface area contributed by atoms with Crippen LogP contribution >= 0.6 is 0 Å². The number of carbonyl (C=O) groups is 1. The molecule has 0 saturated carbocycles. The Morgan fingerprint density at radius 3 is 2.38 bits per heavy atom. The van der Waals surface area contributed by atoms with Gasteiger partial charge in [-0.15, -0.1) is 0 Å². The number of ether oxygens (including phenoxy) is 4. The molecule has 2 aliphatic rings. The number of benzene rings is 2. The van der Waals surface area contributed by atoms with Gasteiger partial charge >= 0.3 is 0 Å². The van der Waals surface area contributed by atoms with Gasteiger partial charge in [0.05, 0.1) is 33.1 Å². The van der Waals surface area contributed by atoms with Gasteiger partial charge in [0.1, 0.15) is 11.4 Å². The zero-order chi connectivity index (χ0) is 22.7. The first-order chi connectivity index (χ1) is 15.5. The van der Waals surface area contributed by atoms with Gasteiger partial charge in [0.25, 0.3) is 0 Å². The fourth-order valence-corrected chi connectivity index (χ4v) is 4.53. The van der Waals surface area contributed by atoms with E-state index >= 15 is 0 Å². The minimum atomic E-state index is -0.891. The predicted octanol–water partition coefficient (Wildman–Crippen LogP) is 3.40. The molecule has 1 fully saturated rings. The molecule has 0 aromatic heterocycles. The molecule has 2 heterocycles. The van der Waals surface area contributed by atoms with Crippen molar-refractivity contribution in [3.63, 3.8) is 0 Å². The van der Waals surface area contributed by atoms with Crippen molar-refractivity contribution in [3.05, 3.63) is 47.5 Å². The molecular weight excluding hydrogens is 408 g/mol. The fourth-order valence-electron chi connectivity index (χ4n) is 4.53. The molecule has 32 heavy (non-hydrogen) atoms. The topological polar surface area (TPSA) is 60.5 Å². The van der Waals surface area contributed by atoms with E-state index in [1.165, 1.54) is 0 Å².